The molecule has 2 aromatic carbocycles. The van der Waals surface area contributed by atoms with E-state index < -0.39 is 10.0 Å². The Kier molecular flexibility index (Phi) is 5.11. The van der Waals surface area contributed by atoms with Gasteiger partial charge in [0, 0.05) is 0 Å². The van der Waals surface area contributed by atoms with Crippen molar-refractivity contribution in [2.45, 2.75) is 18.7 Å². The average Bonchev–Trinajstić information content (AvgIpc) is 2.91. The predicted molar refractivity (Wildman–Crippen MR) is 104 cm³/mol. The Hall–Kier alpha value is -2.97. The van der Waals surface area contributed by atoms with Gasteiger partial charge in [-0.2, -0.15) is 10.1 Å². The number of benzene rings is 2. The van der Waals surface area contributed by atoms with Crippen molar-refractivity contribution in [3.8, 4) is 5.75 Å². The minimum atomic E-state index is -3.79. The molecule has 1 aliphatic rings. The number of hydrogen-bond acceptors (Lipinski definition) is 5. The van der Waals surface area contributed by atoms with E-state index in [1.165, 1.54) is 29.3 Å². The summed E-state index contributed by atoms with van der Waals surface area (Å²) in [6.07, 6.45) is 1.76. The topological polar surface area (TPSA) is 102 Å². The number of sulfonamides is 1. The summed E-state index contributed by atoms with van der Waals surface area (Å²) in [4.78, 5) is 12.7. The molecule has 3 rings (SSSR count). The minimum absolute atomic E-state index is 0.0243. The van der Waals surface area contributed by atoms with Crippen LogP contribution >= 0.6 is 0 Å². The van der Waals surface area contributed by atoms with E-state index in [0.717, 1.165) is 11.3 Å². The molecule has 8 heteroatoms. The molecule has 7 nitrogen and oxygen atoms in total. The molecule has 0 aromatic heterocycles. The van der Waals surface area contributed by atoms with Gasteiger partial charge in [-0.3, -0.25) is 4.79 Å². The summed E-state index contributed by atoms with van der Waals surface area (Å²) >= 11 is 0. The summed E-state index contributed by atoms with van der Waals surface area (Å²) < 4.78 is 28.1. The second-order valence-electron chi connectivity index (χ2n) is 5.90. The van der Waals surface area contributed by atoms with E-state index in [1.54, 1.807) is 13.0 Å². The maximum Gasteiger partial charge on any atom is 0.280 e. The van der Waals surface area contributed by atoms with Crippen molar-refractivity contribution >= 4 is 33.4 Å². The fourth-order valence-electron chi connectivity index (χ4n) is 2.63. The van der Waals surface area contributed by atoms with Crippen LogP contribution in [0.4, 0.5) is 5.69 Å². The van der Waals surface area contributed by atoms with Crippen molar-refractivity contribution in [2.75, 3.05) is 11.6 Å². The zero-order chi connectivity index (χ0) is 19.6. The molecule has 0 saturated carbocycles. The second kappa shape index (κ2) is 7.34. The Morgan fingerprint density at radius 3 is 2.30 bits per heavy atom. The molecule has 1 amide bonds. The fourth-order valence-corrected chi connectivity index (χ4v) is 3.15. The molecule has 0 saturated heterocycles. The number of anilines is 1. The molecule has 1 heterocycles. The summed E-state index contributed by atoms with van der Waals surface area (Å²) in [5, 5.41) is 10.6. The standard InChI is InChI=1S/C19H19N3O4S/c1-3-26-16-8-4-14(5-9-16)12-18-13(2)21-22(19(18)23)15-6-10-17(11-7-15)27(20,24)25/h4-12H,3H2,1-2H3,(H2,20,24,25)/b18-12+. The number of hydrogen-bond donors (Lipinski definition) is 1. The van der Waals surface area contributed by atoms with E-state index in [-0.39, 0.29) is 10.8 Å². The first-order chi connectivity index (χ1) is 12.8. The molecular weight excluding hydrogens is 366 g/mol. The molecular formula is C19H19N3O4S. The number of rotatable bonds is 5. The van der Waals surface area contributed by atoms with E-state index in [1.807, 2.05) is 31.2 Å². The number of primary sulfonamides is 1. The van der Waals surface area contributed by atoms with Gasteiger partial charge in [0.05, 0.1) is 28.5 Å². The number of ether oxygens (including phenoxy) is 1. The molecule has 0 aliphatic carbocycles. The zero-order valence-corrected chi connectivity index (χ0v) is 15.7. The van der Waals surface area contributed by atoms with Gasteiger partial charge in [0.2, 0.25) is 10.0 Å². The Bertz CT molecular complexity index is 1020. The van der Waals surface area contributed by atoms with Crippen LogP contribution in [0.15, 0.2) is 64.1 Å². The molecule has 140 valence electrons. The van der Waals surface area contributed by atoms with Crippen LogP contribution in [0.5, 0.6) is 5.75 Å². The smallest absolute Gasteiger partial charge is 0.280 e. The van der Waals surface area contributed by atoms with Gasteiger partial charge >= 0.3 is 0 Å². The summed E-state index contributed by atoms with van der Waals surface area (Å²) in [5.74, 6) is 0.476. The number of carbonyl (C=O) groups is 1. The molecule has 1 aliphatic heterocycles. The van der Waals surface area contributed by atoms with E-state index >= 15 is 0 Å². The number of carbonyl (C=O) groups excluding carboxylic acids is 1. The lowest BCUT2D eigenvalue weighted by atomic mass is 10.1. The Morgan fingerprint density at radius 2 is 1.74 bits per heavy atom. The second-order valence-corrected chi connectivity index (χ2v) is 7.46. The number of nitrogens with two attached hydrogens (primary N) is 1. The van der Waals surface area contributed by atoms with Crippen LogP contribution in [-0.4, -0.2) is 26.6 Å². The maximum atomic E-state index is 12.7. The lowest BCUT2D eigenvalue weighted by molar-refractivity contribution is -0.114. The van der Waals surface area contributed by atoms with Crippen molar-refractivity contribution in [3.05, 3.63) is 59.7 Å². The molecule has 0 radical (unpaired) electrons. The van der Waals surface area contributed by atoms with E-state index in [4.69, 9.17) is 9.88 Å². The number of amides is 1. The van der Waals surface area contributed by atoms with Gasteiger partial charge in [0.15, 0.2) is 0 Å². The first kappa shape index (κ1) is 18.8. The highest BCUT2D eigenvalue weighted by molar-refractivity contribution is 7.89. The monoisotopic (exact) mass is 385 g/mol. The van der Waals surface area contributed by atoms with Crippen molar-refractivity contribution in [2.24, 2.45) is 10.2 Å². The zero-order valence-electron chi connectivity index (χ0n) is 14.9. The summed E-state index contributed by atoms with van der Waals surface area (Å²) in [7, 11) is -3.79. The Labute approximate surface area is 157 Å². The van der Waals surface area contributed by atoms with Crippen molar-refractivity contribution in [3.63, 3.8) is 0 Å². The van der Waals surface area contributed by atoms with Crippen LogP contribution in [0.2, 0.25) is 0 Å². The average molecular weight is 385 g/mol. The minimum Gasteiger partial charge on any atom is -0.494 e. The molecule has 2 N–H and O–H groups in total. The molecule has 0 fully saturated rings. The first-order valence-corrected chi connectivity index (χ1v) is 9.81. The fraction of sp³-hybridized carbons (Fsp3) is 0.158. The SMILES string of the molecule is CCOc1ccc(/C=C2/C(=O)N(c3ccc(S(N)(=O)=O)cc3)N=C2C)cc1. The quantitative estimate of drug-likeness (QED) is 0.799. The molecule has 0 unspecified atom stereocenters. The van der Waals surface area contributed by atoms with E-state index in [9.17, 15) is 13.2 Å². The third kappa shape index (κ3) is 4.07. The number of hydrazone groups is 1. The molecule has 0 spiro atoms. The maximum absolute atomic E-state index is 12.7. The van der Waals surface area contributed by atoms with Gasteiger partial charge in [-0.05, 0) is 61.9 Å². The van der Waals surface area contributed by atoms with Crippen LogP contribution in [0.25, 0.3) is 6.08 Å². The van der Waals surface area contributed by atoms with E-state index in [2.05, 4.69) is 5.10 Å². The third-order valence-electron chi connectivity index (χ3n) is 3.97. The van der Waals surface area contributed by atoms with Gasteiger partial charge in [0.25, 0.3) is 5.91 Å². The third-order valence-corrected chi connectivity index (χ3v) is 4.90. The highest BCUT2D eigenvalue weighted by Gasteiger charge is 2.28. The first-order valence-electron chi connectivity index (χ1n) is 8.27. The summed E-state index contributed by atoms with van der Waals surface area (Å²) in [6, 6.07) is 13.1. The van der Waals surface area contributed by atoms with Gasteiger partial charge in [-0.25, -0.2) is 13.6 Å². The van der Waals surface area contributed by atoms with Crippen molar-refractivity contribution in [1.29, 1.82) is 0 Å². The highest BCUT2D eigenvalue weighted by Crippen LogP contribution is 2.26. The largest absolute Gasteiger partial charge is 0.494 e. The lowest BCUT2D eigenvalue weighted by Gasteiger charge is -2.12. The Morgan fingerprint density at radius 1 is 1.11 bits per heavy atom. The Balaban J connectivity index is 1.85. The summed E-state index contributed by atoms with van der Waals surface area (Å²) in [5.41, 5.74) is 2.35. The van der Waals surface area contributed by atoms with Gasteiger partial charge < -0.3 is 4.74 Å². The van der Waals surface area contributed by atoms with Crippen molar-refractivity contribution in [1.82, 2.24) is 0 Å². The van der Waals surface area contributed by atoms with Crippen molar-refractivity contribution < 1.29 is 17.9 Å². The van der Waals surface area contributed by atoms with Gasteiger partial charge in [-0.1, -0.05) is 12.1 Å². The predicted octanol–water partition coefficient (Wildman–Crippen LogP) is 2.54. The van der Waals surface area contributed by atoms with Crippen LogP contribution in [0.3, 0.4) is 0 Å². The molecule has 27 heavy (non-hydrogen) atoms. The number of nitrogens with zero attached hydrogens (tertiary/aromatic N) is 2. The lowest BCUT2D eigenvalue weighted by Crippen LogP contribution is -2.21. The van der Waals surface area contributed by atoms with Gasteiger partial charge in [0.1, 0.15) is 5.75 Å². The van der Waals surface area contributed by atoms with E-state index in [0.29, 0.717) is 23.6 Å². The molecule has 0 bridgehead atoms. The normalized spacial score (nSPS) is 16.0. The van der Waals surface area contributed by atoms with Crippen LogP contribution in [0.1, 0.15) is 19.4 Å². The molecule has 0 atom stereocenters. The van der Waals surface area contributed by atoms with Crippen LogP contribution < -0.4 is 14.9 Å². The van der Waals surface area contributed by atoms with Gasteiger partial charge in [-0.15, -0.1) is 0 Å². The van der Waals surface area contributed by atoms with Crippen LogP contribution in [0, 0.1) is 0 Å². The molecule has 2 aromatic rings. The van der Waals surface area contributed by atoms with Crippen LogP contribution in [-0.2, 0) is 14.8 Å². The highest BCUT2D eigenvalue weighted by atomic mass is 32.2. The summed E-state index contributed by atoms with van der Waals surface area (Å²) in [6.45, 7) is 4.25.